The molecule has 0 bridgehead atoms. The van der Waals surface area contributed by atoms with Gasteiger partial charge in [-0.25, -0.2) is 8.42 Å². The van der Waals surface area contributed by atoms with Gasteiger partial charge in [-0.1, -0.05) is 31.2 Å². The minimum absolute atomic E-state index is 0.0729. The lowest BCUT2D eigenvalue weighted by molar-refractivity contribution is 0.0935. The van der Waals surface area contributed by atoms with E-state index in [4.69, 9.17) is 0 Å². The van der Waals surface area contributed by atoms with Gasteiger partial charge >= 0.3 is 0 Å². The van der Waals surface area contributed by atoms with E-state index in [9.17, 15) is 13.2 Å². The second-order valence-corrected chi connectivity index (χ2v) is 8.87. The Kier molecular flexibility index (Phi) is 5.85. The lowest BCUT2D eigenvalue weighted by Gasteiger charge is -2.22. The maximum absolute atomic E-state index is 12.7. The SMILES string of the molecule is CCC(NC(=O)c1cccc(NS(C)(=O)=O)c1)c1ccc2c(c1)CCCC2. The van der Waals surface area contributed by atoms with Gasteiger partial charge in [0.25, 0.3) is 5.91 Å². The molecule has 0 aromatic heterocycles. The van der Waals surface area contributed by atoms with Crippen LogP contribution in [0.25, 0.3) is 0 Å². The van der Waals surface area contributed by atoms with Crippen LogP contribution in [0.1, 0.15) is 59.3 Å². The van der Waals surface area contributed by atoms with Gasteiger partial charge in [-0.3, -0.25) is 9.52 Å². The molecule has 0 radical (unpaired) electrons. The first-order valence-corrected chi connectivity index (χ1v) is 11.3. The zero-order valence-corrected chi connectivity index (χ0v) is 16.6. The van der Waals surface area contributed by atoms with E-state index in [2.05, 4.69) is 28.2 Å². The second kappa shape index (κ2) is 8.13. The molecule has 0 heterocycles. The first-order chi connectivity index (χ1) is 12.9. The average Bonchev–Trinajstić information content (AvgIpc) is 2.64. The molecule has 6 heteroatoms. The molecule has 1 unspecified atom stereocenters. The Bertz CT molecular complexity index is 938. The topological polar surface area (TPSA) is 75.3 Å². The summed E-state index contributed by atoms with van der Waals surface area (Å²) in [5, 5.41) is 3.08. The molecule has 1 atom stereocenters. The number of hydrogen-bond donors (Lipinski definition) is 2. The number of carbonyl (C=O) groups is 1. The van der Waals surface area contributed by atoms with Gasteiger partial charge in [0.15, 0.2) is 0 Å². The standard InChI is InChI=1S/C21H26N2O3S/c1-3-20(17-12-11-15-7-4-5-8-16(15)13-17)22-21(24)18-9-6-10-19(14-18)23-27(2,25)26/h6,9-14,20,23H,3-5,7-8H2,1-2H3,(H,22,24). The highest BCUT2D eigenvalue weighted by atomic mass is 32.2. The van der Waals surface area contributed by atoms with Crippen LogP contribution in [0, 0.1) is 0 Å². The Hall–Kier alpha value is -2.34. The molecule has 0 fully saturated rings. The third kappa shape index (κ3) is 5.10. The van der Waals surface area contributed by atoms with Crippen molar-refractivity contribution in [1.29, 1.82) is 0 Å². The van der Waals surface area contributed by atoms with Gasteiger partial charge < -0.3 is 5.32 Å². The third-order valence-electron chi connectivity index (χ3n) is 4.92. The van der Waals surface area contributed by atoms with E-state index < -0.39 is 10.0 Å². The zero-order chi connectivity index (χ0) is 19.4. The molecule has 0 saturated carbocycles. The number of anilines is 1. The van der Waals surface area contributed by atoms with Gasteiger partial charge in [0, 0.05) is 11.3 Å². The monoisotopic (exact) mass is 386 g/mol. The summed E-state index contributed by atoms with van der Waals surface area (Å²) in [6.45, 7) is 2.05. The fourth-order valence-electron chi connectivity index (χ4n) is 3.57. The molecule has 1 amide bonds. The molecule has 2 aromatic carbocycles. The molecule has 1 aliphatic carbocycles. The van der Waals surface area contributed by atoms with Gasteiger partial charge in [0.1, 0.15) is 0 Å². The van der Waals surface area contributed by atoms with E-state index in [0.29, 0.717) is 11.3 Å². The van der Waals surface area contributed by atoms with E-state index in [1.807, 2.05) is 6.92 Å². The summed E-state index contributed by atoms with van der Waals surface area (Å²) in [5.74, 6) is -0.211. The summed E-state index contributed by atoms with van der Waals surface area (Å²) in [4.78, 5) is 12.7. The van der Waals surface area contributed by atoms with Gasteiger partial charge in [0.05, 0.1) is 12.3 Å². The van der Waals surface area contributed by atoms with Crippen LogP contribution in [-0.4, -0.2) is 20.6 Å². The second-order valence-electron chi connectivity index (χ2n) is 7.12. The summed E-state index contributed by atoms with van der Waals surface area (Å²) < 4.78 is 25.2. The van der Waals surface area contributed by atoms with Gasteiger partial charge in [-0.15, -0.1) is 0 Å². The minimum Gasteiger partial charge on any atom is -0.345 e. The smallest absolute Gasteiger partial charge is 0.251 e. The quantitative estimate of drug-likeness (QED) is 0.792. The molecular weight excluding hydrogens is 360 g/mol. The van der Waals surface area contributed by atoms with E-state index >= 15 is 0 Å². The van der Waals surface area contributed by atoms with Gasteiger partial charge in [-0.05, 0) is 67.0 Å². The van der Waals surface area contributed by atoms with Crippen LogP contribution in [0.3, 0.4) is 0 Å². The molecular formula is C21H26N2O3S. The van der Waals surface area contributed by atoms with Crippen LogP contribution in [0.2, 0.25) is 0 Å². The van der Waals surface area contributed by atoms with E-state index in [1.54, 1.807) is 24.3 Å². The van der Waals surface area contributed by atoms with Crippen molar-refractivity contribution in [1.82, 2.24) is 5.32 Å². The summed E-state index contributed by atoms with van der Waals surface area (Å²) in [6, 6.07) is 13.0. The summed E-state index contributed by atoms with van der Waals surface area (Å²) >= 11 is 0. The predicted octanol–water partition coefficient (Wildman–Crippen LogP) is 3.82. The van der Waals surface area contributed by atoms with Crippen LogP contribution in [0.4, 0.5) is 5.69 Å². The Morgan fingerprint density at radius 1 is 1.07 bits per heavy atom. The van der Waals surface area contributed by atoms with Gasteiger partial charge in [-0.2, -0.15) is 0 Å². The van der Waals surface area contributed by atoms with Crippen molar-refractivity contribution >= 4 is 21.6 Å². The normalized spacial score (nSPS) is 14.9. The lowest BCUT2D eigenvalue weighted by atomic mass is 9.88. The molecule has 1 aliphatic rings. The van der Waals surface area contributed by atoms with Crippen molar-refractivity contribution < 1.29 is 13.2 Å². The molecule has 27 heavy (non-hydrogen) atoms. The first kappa shape index (κ1) is 19.4. The fraction of sp³-hybridized carbons (Fsp3) is 0.381. The maximum atomic E-state index is 12.7. The molecule has 2 aromatic rings. The number of sulfonamides is 1. The van der Waals surface area contributed by atoms with Crippen LogP contribution >= 0.6 is 0 Å². The van der Waals surface area contributed by atoms with Crippen molar-refractivity contribution in [2.24, 2.45) is 0 Å². The third-order valence-corrected chi connectivity index (χ3v) is 5.52. The van der Waals surface area contributed by atoms with Crippen LogP contribution in [-0.2, 0) is 22.9 Å². The molecule has 0 aliphatic heterocycles. The molecule has 3 rings (SSSR count). The zero-order valence-electron chi connectivity index (χ0n) is 15.8. The van der Waals surface area contributed by atoms with E-state index in [0.717, 1.165) is 31.1 Å². The predicted molar refractivity (Wildman–Crippen MR) is 108 cm³/mol. The van der Waals surface area contributed by atoms with Crippen molar-refractivity contribution in [3.63, 3.8) is 0 Å². The Morgan fingerprint density at radius 3 is 2.52 bits per heavy atom. The first-order valence-electron chi connectivity index (χ1n) is 9.36. The highest BCUT2D eigenvalue weighted by Crippen LogP contribution is 2.26. The highest BCUT2D eigenvalue weighted by Gasteiger charge is 2.17. The number of hydrogen-bond acceptors (Lipinski definition) is 3. The Labute approximate surface area is 161 Å². The average molecular weight is 387 g/mol. The molecule has 144 valence electrons. The molecule has 0 saturated heterocycles. The Morgan fingerprint density at radius 2 is 1.81 bits per heavy atom. The van der Waals surface area contributed by atoms with E-state index in [-0.39, 0.29) is 11.9 Å². The van der Waals surface area contributed by atoms with Crippen LogP contribution in [0.5, 0.6) is 0 Å². The Balaban J connectivity index is 1.76. The molecule has 0 spiro atoms. The van der Waals surface area contributed by atoms with Crippen LogP contribution in [0.15, 0.2) is 42.5 Å². The van der Waals surface area contributed by atoms with Crippen molar-refractivity contribution in [3.8, 4) is 0 Å². The summed E-state index contributed by atoms with van der Waals surface area (Å²) in [7, 11) is -3.38. The number of benzene rings is 2. The van der Waals surface area contributed by atoms with Crippen molar-refractivity contribution in [2.45, 2.75) is 45.1 Å². The number of nitrogens with one attached hydrogen (secondary N) is 2. The molecule has 5 nitrogen and oxygen atoms in total. The lowest BCUT2D eigenvalue weighted by Crippen LogP contribution is -2.28. The number of amides is 1. The number of aryl methyl sites for hydroxylation is 2. The van der Waals surface area contributed by atoms with Gasteiger partial charge in [0.2, 0.25) is 10.0 Å². The number of carbonyl (C=O) groups excluding carboxylic acids is 1. The number of fused-ring (bicyclic) bond motifs is 1. The van der Waals surface area contributed by atoms with Crippen molar-refractivity contribution in [2.75, 3.05) is 11.0 Å². The highest BCUT2D eigenvalue weighted by molar-refractivity contribution is 7.92. The fourth-order valence-corrected chi connectivity index (χ4v) is 4.13. The van der Waals surface area contributed by atoms with Crippen LogP contribution < -0.4 is 10.0 Å². The minimum atomic E-state index is -3.38. The maximum Gasteiger partial charge on any atom is 0.251 e. The summed E-state index contributed by atoms with van der Waals surface area (Å²) in [5.41, 5.74) is 4.75. The van der Waals surface area contributed by atoms with Crippen molar-refractivity contribution in [3.05, 3.63) is 64.7 Å². The largest absolute Gasteiger partial charge is 0.345 e. The molecule has 2 N–H and O–H groups in total. The summed E-state index contributed by atoms with van der Waals surface area (Å²) in [6.07, 6.45) is 6.58. The number of rotatable bonds is 6. The van der Waals surface area contributed by atoms with E-state index in [1.165, 1.54) is 24.0 Å².